The van der Waals surface area contributed by atoms with E-state index in [4.69, 9.17) is 4.98 Å². The van der Waals surface area contributed by atoms with Crippen molar-refractivity contribution in [2.45, 2.75) is 32.7 Å². The van der Waals surface area contributed by atoms with Crippen molar-refractivity contribution in [1.82, 2.24) is 9.88 Å². The van der Waals surface area contributed by atoms with Crippen molar-refractivity contribution in [2.24, 2.45) is 0 Å². The van der Waals surface area contributed by atoms with Crippen molar-refractivity contribution < 1.29 is 4.79 Å². The molecule has 128 valence electrons. The second-order valence-electron chi connectivity index (χ2n) is 6.62. The number of aryl methyl sites for hydroxylation is 2. The quantitative estimate of drug-likeness (QED) is 0.682. The molecule has 4 nitrogen and oxygen atoms in total. The highest BCUT2D eigenvalue weighted by Gasteiger charge is 2.32. The summed E-state index contributed by atoms with van der Waals surface area (Å²) in [7, 11) is 0. The molecule has 1 atom stereocenters. The molecule has 5 heteroatoms. The number of amides is 2. The Kier molecular flexibility index (Phi) is 4.17. The number of carbonyl (C=O) groups excluding carboxylic acids is 1. The number of aromatic nitrogens is 1. The van der Waals surface area contributed by atoms with Crippen LogP contribution in [0.15, 0.2) is 42.5 Å². The van der Waals surface area contributed by atoms with Crippen LogP contribution >= 0.6 is 11.3 Å². The molecule has 0 spiro atoms. The monoisotopic (exact) mass is 351 g/mol. The molecule has 4 rings (SSSR count). The van der Waals surface area contributed by atoms with E-state index in [0.717, 1.165) is 41.2 Å². The molecule has 0 bridgehead atoms. The Balaban J connectivity index is 1.57. The molecule has 1 unspecified atom stereocenters. The molecule has 25 heavy (non-hydrogen) atoms. The number of anilines is 1. The SMILES string of the molecule is Cc1ccc(NC(=O)N2CCCC2c2nc3ccccc3s2)c(C)c1. The number of fused-ring (bicyclic) bond motifs is 1. The van der Waals surface area contributed by atoms with Crippen LogP contribution in [0.25, 0.3) is 10.2 Å². The summed E-state index contributed by atoms with van der Waals surface area (Å²) < 4.78 is 1.18. The molecule has 1 fully saturated rings. The van der Waals surface area contributed by atoms with Gasteiger partial charge >= 0.3 is 6.03 Å². The van der Waals surface area contributed by atoms with Gasteiger partial charge in [0.1, 0.15) is 5.01 Å². The van der Waals surface area contributed by atoms with Crippen molar-refractivity contribution >= 4 is 33.3 Å². The number of benzene rings is 2. The van der Waals surface area contributed by atoms with E-state index in [1.54, 1.807) is 11.3 Å². The molecule has 2 amide bonds. The molecule has 1 aromatic heterocycles. The molecule has 1 aliphatic heterocycles. The molecule has 0 radical (unpaired) electrons. The van der Waals surface area contributed by atoms with Gasteiger partial charge in [-0.15, -0.1) is 11.3 Å². The van der Waals surface area contributed by atoms with Crippen LogP contribution < -0.4 is 5.32 Å². The minimum atomic E-state index is -0.0336. The maximum atomic E-state index is 12.8. The maximum absolute atomic E-state index is 12.8. The largest absolute Gasteiger partial charge is 0.322 e. The molecule has 2 heterocycles. The summed E-state index contributed by atoms with van der Waals surface area (Å²) in [5, 5.41) is 4.11. The average Bonchev–Trinajstić information content (AvgIpc) is 3.23. The van der Waals surface area contributed by atoms with E-state index < -0.39 is 0 Å². The van der Waals surface area contributed by atoms with Crippen LogP contribution in [0, 0.1) is 13.8 Å². The zero-order valence-corrected chi connectivity index (χ0v) is 15.3. The number of nitrogens with zero attached hydrogens (tertiary/aromatic N) is 2. The Hall–Kier alpha value is -2.40. The summed E-state index contributed by atoms with van der Waals surface area (Å²) in [5.74, 6) is 0. The van der Waals surface area contributed by atoms with Crippen molar-refractivity contribution in [3.63, 3.8) is 0 Å². The first-order chi connectivity index (χ1) is 12.1. The fourth-order valence-electron chi connectivity index (χ4n) is 3.44. The first-order valence-corrected chi connectivity index (χ1v) is 9.44. The van der Waals surface area contributed by atoms with Gasteiger partial charge in [-0.3, -0.25) is 0 Å². The zero-order chi connectivity index (χ0) is 17.4. The number of thiazole rings is 1. The number of urea groups is 1. The number of para-hydroxylation sites is 1. The summed E-state index contributed by atoms with van der Waals surface area (Å²) in [6, 6.07) is 14.3. The Morgan fingerprint density at radius 3 is 2.88 bits per heavy atom. The standard InChI is InChI=1S/C20H21N3OS/c1-13-9-10-15(14(2)12-13)22-20(24)23-11-5-7-17(23)19-21-16-6-3-4-8-18(16)25-19/h3-4,6,8-10,12,17H,5,7,11H2,1-2H3,(H,22,24). The lowest BCUT2D eigenvalue weighted by Crippen LogP contribution is -2.34. The normalized spacial score (nSPS) is 17.2. The van der Waals surface area contributed by atoms with E-state index >= 15 is 0 Å². The van der Waals surface area contributed by atoms with Crippen LogP contribution in [0.4, 0.5) is 10.5 Å². The Morgan fingerprint density at radius 1 is 1.24 bits per heavy atom. The van der Waals surface area contributed by atoms with Crippen molar-refractivity contribution in [3.8, 4) is 0 Å². The van der Waals surface area contributed by atoms with Crippen molar-refractivity contribution in [3.05, 3.63) is 58.6 Å². The van der Waals surface area contributed by atoms with Gasteiger partial charge in [0, 0.05) is 12.2 Å². The fraction of sp³-hybridized carbons (Fsp3) is 0.300. The summed E-state index contributed by atoms with van der Waals surface area (Å²) in [6.45, 7) is 4.86. The minimum Gasteiger partial charge on any atom is -0.315 e. The van der Waals surface area contributed by atoms with Crippen LogP contribution in [-0.2, 0) is 0 Å². The highest BCUT2D eigenvalue weighted by Crippen LogP contribution is 2.36. The fourth-order valence-corrected chi connectivity index (χ4v) is 4.56. The van der Waals surface area contributed by atoms with E-state index in [0.29, 0.717) is 0 Å². The number of hydrogen-bond donors (Lipinski definition) is 1. The number of carbonyl (C=O) groups is 1. The Morgan fingerprint density at radius 2 is 2.08 bits per heavy atom. The van der Waals surface area contributed by atoms with Crippen LogP contribution in [0.3, 0.4) is 0 Å². The summed E-state index contributed by atoms with van der Waals surface area (Å²) in [5.41, 5.74) is 4.18. The maximum Gasteiger partial charge on any atom is 0.322 e. The molecule has 1 saturated heterocycles. The van der Waals surface area contributed by atoms with E-state index in [-0.39, 0.29) is 12.1 Å². The van der Waals surface area contributed by atoms with Crippen molar-refractivity contribution in [2.75, 3.05) is 11.9 Å². The minimum absolute atomic E-state index is 0.0336. The van der Waals surface area contributed by atoms with Gasteiger partial charge in [-0.25, -0.2) is 9.78 Å². The predicted octanol–water partition coefficient (Wildman–Crippen LogP) is 5.28. The van der Waals surface area contributed by atoms with Crippen LogP contribution in [0.5, 0.6) is 0 Å². The van der Waals surface area contributed by atoms with Crippen molar-refractivity contribution in [1.29, 1.82) is 0 Å². The number of nitrogens with one attached hydrogen (secondary N) is 1. The molecule has 1 aliphatic rings. The average molecular weight is 351 g/mol. The van der Waals surface area contributed by atoms with E-state index in [1.165, 1.54) is 10.3 Å². The lowest BCUT2D eigenvalue weighted by atomic mass is 10.1. The topological polar surface area (TPSA) is 45.2 Å². The van der Waals surface area contributed by atoms with Gasteiger partial charge < -0.3 is 10.2 Å². The molecular weight excluding hydrogens is 330 g/mol. The molecule has 2 aromatic carbocycles. The molecular formula is C20H21N3OS. The predicted molar refractivity (Wildman–Crippen MR) is 103 cm³/mol. The third-order valence-electron chi connectivity index (χ3n) is 4.73. The summed E-state index contributed by atoms with van der Waals surface area (Å²) in [6.07, 6.45) is 1.99. The lowest BCUT2D eigenvalue weighted by molar-refractivity contribution is 0.207. The van der Waals surface area contributed by atoms with E-state index in [2.05, 4.69) is 24.4 Å². The summed E-state index contributed by atoms with van der Waals surface area (Å²) in [4.78, 5) is 19.5. The Bertz CT molecular complexity index is 901. The van der Waals surface area contributed by atoms with Gasteiger partial charge in [-0.2, -0.15) is 0 Å². The second-order valence-corrected chi connectivity index (χ2v) is 7.68. The van der Waals surface area contributed by atoms with Gasteiger partial charge in [0.2, 0.25) is 0 Å². The lowest BCUT2D eigenvalue weighted by Gasteiger charge is -2.24. The van der Waals surface area contributed by atoms with E-state index in [9.17, 15) is 4.79 Å². The first-order valence-electron chi connectivity index (χ1n) is 8.62. The molecule has 3 aromatic rings. The van der Waals surface area contributed by atoms with Crippen LogP contribution in [-0.4, -0.2) is 22.5 Å². The molecule has 0 saturated carbocycles. The smallest absolute Gasteiger partial charge is 0.315 e. The number of likely N-dealkylation sites (tertiary alicyclic amines) is 1. The van der Waals surface area contributed by atoms with Gasteiger partial charge in [0.05, 0.1) is 16.3 Å². The van der Waals surface area contributed by atoms with Gasteiger partial charge in [0.15, 0.2) is 0 Å². The third-order valence-corrected chi connectivity index (χ3v) is 5.87. The van der Waals surface area contributed by atoms with E-state index in [1.807, 2.05) is 42.2 Å². The van der Waals surface area contributed by atoms with Gasteiger partial charge in [-0.1, -0.05) is 29.8 Å². The number of hydrogen-bond acceptors (Lipinski definition) is 3. The highest BCUT2D eigenvalue weighted by molar-refractivity contribution is 7.18. The molecule has 0 aliphatic carbocycles. The zero-order valence-electron chi connectivity index (χ0n) is 14.5. The van der Waals surface area contributed by atoms with Crippen LogP contribution in [0.1, 0.15) is 35.0 Å². The Labute approximate surface area is 151 Å². The highest BCUT2D eigenvalue weighted by atomic mass is 32.1. The number of rotatable bonds is 2. The third kappa shape index (κ3) is 3.12. The first kappa shape index (κ1) is 16.1. The van der Waals surface area contributed by atoms with Gasteiger partial charge in [-0.05, 0) is 50.5 Å². The second kappa shape index (κ2) is 6.48. The molecule has 1 N–H and O–H groups in total. The van der Waals surface area contributed by atoms with Gasteiger partial charge in [0.25, 0.3) is 0 Å². The van der Waals surface area contributed by atoms with Crippen LogP contribution in [0.2, 0.25) is 0 Å². The summed E-state index contributed by atoms with van der Waals surface area (Å²) >= 11 is 1.69.